The number of nitrogens with zero attached hydrogens (tertiary/aromatic N) is 1. The molecular weight excluding hydrogens is 401 g/mol. The van der Waals surface area contributed by atoms with Gasteiger partial charge < -0.3 is 14.7 Å². The summed E-state index contributed by atoms with van der Waals surface area (Å²) in [6.07, 6.45) is 1.60. The highest BCUT2D eigenvalue weighted by Crippen LogP contribution is 2.46. The summed E-state index contributed by atoms with van der Waals surface area (Å²) in [4.78, 5) is 27.1. The minimum absolute atomic E-state index is 0.194. The van der Waals surface area contributed by atoms with E-state index in [9.17, 15) is 14.7 Å². The predicted octanol–water partition coefficient (Wildman–Crippen LogP) is 4.81. The number of carboxylic acids is 1. The topological polar surface area (TPSA) is 66.8 Å². The van der Waals surface area contributed by atoms with E-state index in [2.05, 4.69) is 0 Å². The number of hydrogen-bond acceptors (Lipinski definition) is 3. The lowest BCUT2D eigenvalue weighted by molar-refractivity contribution is -0.155. The molecule has 28 heavy (non-hydrogen) atoms. The second kappa shape index (κ2) is 7.30. The molecule has 5 nitrogen and oxygen atoms in total. The molecule has 0 bridgehead atoms. The van der Waals surface area contributed by atoms with Crippen LogP contribution in [-0.2, 0) is 16.0 Å². The molecule has 0 radical (unpaired) electrons. The number of aliphatic carboxylic acids is 1. The number of rotatable bonds is 2. The normalized spacial score (nSPS) is 24.0. The summed E-state index contributed by atoms with van der Waals surface area (Å²) in [5, 5.41) is 10.6. The van der Waals surface area contributed by atoms with Gasteiger partial charge in [-0.25, -0.2) is 4.79 Å². The molecule has 0 saturated carbocycles. The van der Waals surface area contributed by atoms with E-state index in [1.165, 1.54) is 17.0 Å². The molecule has 4 rings (SSSR count). The summed E-state index contributed by atoms with van der Waals surface area (Å²) in [6, 6.07) is 9.29. The maximum Gasteiger partial charge on any atom is 0.331 e. The van der Waals surface area contributed by atoms with Crippen LogP contribution in [-0.4, -0.2) is 28.0 Å². The Balaban J connectivity index is 1.92. The summed E-state index contributed by atoms with van der Waals surface area (Å²) in [7, 11) is 0. The van der Waals surface area contributed by atoms with E-state index in [0.717, 1.165) is 24.0 Å². The first-order chi connectivity index (χ1) is 13.4. The van der Waals surface area contributed by atoms with E-state index >= 15 is 0 Å². The van der Waals surface area contributed by atoms with Gasteiger partial charge in [0.2, 0.25) is 0 Å². The Morgan fingerprint density at radius 2 is 1.96 bits per heavy atom. The number of amides is 1. The minimum Gasteiger partial charge on any atom is -0.479 e. The van der Waals surface area contributed by atoms with Crippen LogP contribution in [0.25, 0.3) is 0 Å². The minimum atomic E-state index is -1.24. The fraction of sp³-hybridized carbons (Fsp3) is 0.333. The van der Waals surface area contributed by atoms with Gasteiger partial charge in [-0.1, -0.05) is 47.5 Å². The number of carboxylic acid groups (broad SMARTS) is 1. The SMILES string of the molecule is CC1Oc2c(Cl)cc(Cl)cc2C(C(=O)O)N(C2CCCc3ccccc32)C1=O. The van der Waals surface area contributed by atoms with Crippen molar-refractivity contribution in [1.29, 1.82) is 0 Å². The number of benzene rings is 2. The maximum absolute atomic E-state index is 13.3. The zero-order chi connectivity index (χ0) is 20.0. The van der Waals surface area contributed by atoms with Gasteiger partial charge in [-0.2, -0.15) is 0 Å². The third-order valence-electron chi connectivity index (χ3n) is 5.41. The molecule has 2 aromatic carbocycles. The number of aryl methyl sites for hydroxylation is 1. The number of fused-ring (bicyclic) bond motifs is 2. The van der Waals surface area contributed by atoms with Gasteiger partial charge in [-0.3, -0.25) is 4.79 Å². The molecule has 1 heterocycles. The molecule has 3 unspecified atom stereocenters. The first kappa shape index (κ1) is 19.1. The van der Waals surface area contributed by atoms with Crippen LogP contribution in [0.1, 0.15) is 48.5 Å². The van der Waals surface area contributed by atoms with Crippen molar-refractivity contribution in [3.63, 3.8) is 0 Å². The number of carbonyl (C=O) groups excluding carboxylic acids is 1. The van der Waals surface area contributed by atoms with Gasteiger partial charge in [0.15, 0.2) is 12.1 Å². The largest absolute Gasteiger partial charge is 0.479 e. The smallest absolute Gasteiger partial charge is 0.331 e. The molecule has 0 aromatic heterocycles. The molecule has 3 atom stereocenters. The average Bonchev–Trinajstić information content (AvgIpc) is 2.77. The van der Waals surface area contributed by atoms with E-state index in [4.69, 9.17) is 27.9 Å². The lowest BCUT2D eigenvalue weighted by Crippen LogP contribution is -2.46. The van der Waals surface area contributed by atoms with Crippen LogP contribution in [0.2, 0.25) is 10.0 Å². The van der Waals surface area contributed by atoms with Crippen LogP contribution in [0.3, 0.4) is 0 Å². The highest BCUT2D eigenvalue weighted by Gasteiger charge is 2.45. The summed E-state index contributed by atoms with van der Waals surface area (Å²) < 4.78 is 5.80. The molecule has 0 fully saturated rings. The quantitative estimate of drug-likeness (QED) is 0.758. The van der Waals surface area contributed by atoms with E-state index in [1.54, 1.807) is 6.92 Å². The van der Waals surface area contributed by atoms with E-state index in [0.29, 0.717) is 17.0 Å². The van der Waals surface area contributed by atoms with Gasteiger partial charge in [0, 0.05) is 10.6 Å². The van der Waals surface area contributed by atoms with Crippen LogP contribution < -0.4 is 4.74 Å². The van der Waals surface area contributed by atoms with Crippen LogP contribution in [0.5, 0.6) is 5.75 Å². The van der Waals surface area contributed by atoms with Gasteiger partial charge in [-0.05, 0) is 49.4 Å². The second-order valence-corrected chi connectivity index (χ2v) is 8.00. The van der Waals surface area contributed by atoms with Crippen molar-refractivity contribution in [2.24, 2.45) is 0 Å². The fourth-order valence-corrected chi connectivity index (χ4v) is 4.78. The number of hydrogen-bond donors (Lipinski definition) is 1. The zero-order valence-corrected chi connectivity index (χ0v) is 16.7. The number of halogens is 2. The Labute approximate surface area is 172 Å². The van der Waals surface area contributed by atoms with E-state index < -0.39 is 18.1 Å². The first-order valence-corrected chi connectivity index (χ1v) is 9.92. The van der Waals surface area contributed by atoms with E-state index in [-0.39, 0.29) is 22.7 Å². The van der Waals surface area contributed by atoms with Crippen LogP contribution >= 0.6 is 23.2 Å². The predicted molar refractivity (Wildman–Crippen MR) is 106 cm³/mol. The van der Waals surface area contributed by atoms with Crippen molar-refractivity contribution >= 4 is 35.1 Å². The van der Waals surface area contributed by atoms with Crippen LogP contribution in [0, 0.1) is 0 Å². The summed E-state index contributed by atoms with van der Waals surface area (Å²) in [5.41, 5.74) is 2.42. The van der Waals surface area contributed by atoms with Crippen LogP contribution in [0.4, 0.5) is 0 Å². The molecule has 1 amide bonds. The highest BCUT2D eigenvalue weighted by atomic mass is 35.5. The maximum atomic E-state index is 13.3. The molecule has 2 aromatic rings. The van der Waals surface area contributed by atoms with Gasteiger partial charge in [-0.15, -0.1) is 0 Å². The van der Waals surface area contributed by atoms with E-state index in [1.807, 2.05) is 24.3 Å². The Morgan fingerprint density at radius 1 is 1.21 bits per heavy atom. The molecule has 146 valence electrons. The third-order valence-corrected chi connectivity index (χ3v) is 5.91. The Kier molecular flexibility index (Phi) is 4.98. The van der Waals surface area contributed by atoms with Crippen molar-refractivity contribution in [3.8, 4) is 5.75 Å². The molecule has 0 saturated heterocycles. The Hall–Kier alpha value is -2.24. The average molecular weight is 420 g/mol. The fourth-order valence-electron chi connectivity index (χ4n) is 4.22. The highest BCUT2D eigenvalue weighted by molar-refractivity contribution is 6.35. The molecule has 1 N–H and O–H groups in total. The molecular formula is C21H19Cl2NO4. The lowest BCUT2D eigenvalue weighted by Gasteiger charge is -2.39. The van der Waals surface area contributed by atoms with Crippen molar-refractivity contribution in [1.82, 2.24) is 4.90 Å². The van der Waals surface area contributed by atoms with Gasteiger partial charge >= 0.3 is 5.97 Å². The second-order valence-electron chi connectivity index (χ2n) is 7.16. The van der Waals surface area contributed by atoms with Gasteiger partial charge in [0.05, 0.1) is 11.1 Å². The Bertz CT molecular complexity index is 961. The molecule has 0 spiro atoms. The number of ether oxygens (including phenoxy) is 1. The molecule has 1 aliphatic heterocycles. The molecule has 7 heteroatoms. The standard InChI is InChI=1S/C21H19Cl2NO4/c1-11-20(25)24(17-8-4-6-12-5-2-3-7-14(12)17)18(21(26)27)15-9-13(22)10-16(23)19(15)28-11/h2-3,5,7,9-11,17-18H,4,6,8H2,1H3,(H,26,27). The molecule has 2 aliphatic rings. The van der Waals surface area contributed by atoms with Crippen LogP contribution in [0.15, 0.2) is 36.4 Å². The van der Waals surface area contributed by atoms with Crippen molar-refractivity contribution in [3.05, 3.63) is 63.1 Å². The monoisotopic (exact) mass is 419 g/mol. The third kappa shape index (κ3) is 3.12. The van der Waals surface area contributed by atoms with Crippen molar-refractivity contribution in [2.45, 2.75) is 44.4 Å². The van der Waals surface area contributed by atoms with Gasteiger partial charge in [0.25, 0.3) is 5.91 Å². The summed E-state index contributed by atoms with van der Waals surface area (Å²) >= 11 is 12.4. The summed E-state index contributed by atoms with van der Waals surface area (Å²) in [5.74, 6) is -1.32. The Morgan fingerprint density at radius 3 is 2.71 bits per heavy atom. The van der Waals surface area contributed by atoms with Gasteiger partial charge in [0.1, 0.15) is 5.75 Å². The summed E-state index contributed by atoms with van der Waals surface area (Å²) in [6.45, 7) is 1.61. The number of carbonyl (C=O) groups is 2. The van der Waals surface area contributed by atoms with Crippen molar-refractivity contribution < 1.29 is 19.4 Å². The van der Waals surface area contributed by atoms with Crippen molar-refractivity contribution in [2.75, 3.05) is 0 Å². The zero-order valence-electron chi connectivity index (χ0n) is 15.2. The molecule has 1 aliphatic carbocycles. The first-order valence-electron chi connectivity index (χ1n) is 9.17. The lowest BCUT2D eigenvalue weighted by atomic mass is 9.85.